The number of anilines is 2. The molecule has 0 spiro atoms. The molecular formula is C24H29ClN4O3S. The highest BCUT2D eigenvalue weighted by atomic mass is 35.5. The zero-order valence-electron chi connectivity index (χ0n) is 19.1. The fraction of sp³-hybridized carbons (Fsp3) is 0.375. The highest BCUT2D eigenvalue weighted by Gasteiger charge is 2.38. The number of halogens is 1. The first kappa shape index (κ1) is 25.0. The fourth-order valence-electron chi connectivity index (χ4n) is 3.85. The van der Waals surface area contributed by atoms with Crippen molar-refractivity contribution in [3.63, 3.8) is 0 Å². The summed E-state index contributed by atoms with van der Waals surface area (Å²) in [6, 6.07) is 15.3. The van der Waals surface area contributed by atoms with Crippen LogP contribution in [0, 0.1) is 5.92 Å². The molecule has 1 fully saturated rings. The summed E-state index contributed by atoms with van der Waals surface area (Å²) >= 11 is 1.48. The molecule has 0 saturated carbocycles. The summed E-state index contributed by atoms with van der Waals surface area (Å²) in [4.78, 5) is 36.6. The number of thiazole rings is 1. The van der Waals surface area contributed by atoms with E-state index in [1.54, 1.807) is 9.80 Å². The van der Waals surface area contributed by atoms with Crippen LogP contribution in [0.1, 0.15) is 13.3 Å². The number of hydrogen-bond acceptors (Lipinski definition) is 6. The van der Waals surface area contributed by atoms with Crippen LogP contribution in [0.15, 0.2) is 48.5 Å². The lowest BCUT2D eigenvalue weighted by Gasteiger charge is -2.24. The van der Waals surface area contributed by atoms with Gasteiger partial charge in [-0.15, -0.1) is 12.4 Å². The number of fused-ring (bicyclic) bond motifs is 1. The SMILES string of the molecule is CCOc1cccc2sc(N(CCN(C)C)C(=O)C3CC(=O)N(c4ccccc4)C3)nc12.Cl. The largest absolute Gasteiger partial charge is 0.492 e. The van der Waals surface area contributed by atoms with Crippen molar-refractivity contribution in [1.29, 1.82) is 0 Å². The average molecular weight is 489 g/mol. The Morgan fingerprint density at radius 1 is 1.15 bits per heavy atom. The molecule has 0 bridgehead atoms. The van der Waals surface area contributed by atoms with Crippen LogP contribution >= 0.6 is 23.7 Å². The quantitative estimate of drug-likeness (QED) is 0.478. The maximum atomic E-state index is 13.6. The predicted molar refractivity (Wildman–Crippen MR) is 136 cm³/mol. The Kier molecular flexibility index (Phi) is 8.29. The molecule has 7 nitrogen and oxygen atoms in total. The molecule has 1 aliphatic heterocycles. The molecule has 1 unspecified atom stereocenters. The van der Waals surface area contributed by atoms with Crippen molar-refractivity contribution in [2.75, 3.05) is 50.1 Å². The third-order valence-electron chi connectivity index (χ3n) is 5.48. The fourth-order valence-corrected chi connectivity index (χ4v) is 4.86. The number of rotatable bonds is 8. The van der Waals surface area contributed by atoms with Crippen LogP contribution in [0.25, 0.3) is 10.2 Å². The smallest absolute Gasteiger partial charge is 0.234 e. The topological polar surface area (TPSA) is 66.0 Å². The number of likely N-dealkylation sites (N-methyl/N-ethyl adjacent to an activating group) is 1. The van der Waals surface area contributed by atoms with E-state index in [4.69, 9.17) is 9.72 Å². The van der Waals surface area contributed by atoms with Crippen LogP contribution in [-0.2, 0) is 9.59 Å². The van der Waals surface area contributed by atoms with Crippen LogP contribution in [0.5, 0.6) is 5.75 Å². The van der Waals surface area contributed by atoms with Gasteiger partial charge in [-0.2, -0.15) is 0 Å². The van der Waals surface area contributed by atoms with Gasteiger partial charge in [-0.05, 0) is 45.3 Å². The maximum absolute atomic E-state index is 13.6. The summed E-state index contributed by atoms with van der Waals surface area (Å²) in [6.45, 7) is 4.08. The van der Waals surface area contributed by atoms with Gasteiger partial charge in [-0.1, -0.05) is 35.6 Å². The van der Waals surface area contributed by atoms with Gasteiger partial charge in [0.1, 0.15) is 11.3 Å². The van der Waals surface area contributed by atoms with Gasteiger partial charge in [-0.25, -0.2) is 4.98 Å². The Hall–Kier alpha value is -2.68. The lowest BCUT2D eigenvalue weighted by molar-refractivity contribution is -0.124. The molecule has 176 valence electrons. The molecule has 1 atom stereocenters. The predicted octanol–water partition coefficient (Wildman–Crippen LogP) is 4.06. The van der Waals surface area contributed by atoms with Gasteiger partial charge in [-0.3, -0.25) is 14.5 Å². The Balaban J connectivity index is 0.00000306. The molecule has 1 aromatic heterocycles. The van der Waals surface area contributed by atoms with Gasteiger partial charge in [0, 0.05) is 31.7 Å². The number of hydrogen-bond donors (Lipinski definition) is 0. The van der Waals surface area contributed by atoms with E-state index in [1.807, 2.05) is 74.4 Å². The molecule has 0 radical (unpaired) electrons. The third-order valence-corrected chi connectivity index (χ3v) is 6.52. The van der Waals surface area contributed by atoms with Crippen molar-refractivity contribution in [3.8, 4) is 5.75 Å². The monoisotopic (exact) mass is 488 g/mol. The van der Waals surface area contributed by atoms with Crippen LogP contribution in [0.2, 0.25) is 0 Å². The summed E-state index contributed by atoms with van der Waals surface area (Å²) < 4.78 is 6.70. The first-order valence-corrected chi connectivity index (χ1v) is 11.6. The number of benzene rings is 2. The van der Waals surface area contributed by atoms with Crippen LogP contribution in [-0.4, -0.2) is 62.0 Å². The molecule has 0 N–H and O–H groups in total. The number of nitrogens with zero attached hydrogens (tertiary/aromatic N) is 4. The molecule has 2 amide bonds. The Morgan fingerprint density at radius 2 is 1.91 bits per heavy atom. The zero-order valence-corrected chi connectivity index (χ0v) is 20.7. The number of aromatic nitrogens is 1. The Bertz CT molecular complexity index is 1110. The second-order valence-electron chi connectivity index (χ2n) is 8.07. The van der Waals surface area contributed by atoms with E-state index in [0.717, 1.165) is 21.7 Å². The summed E-state index contributed by atoms with van der Waals surface area (Å²) in [6.07, 6.45) is 0.210. The number of ether oxygens (including phenoxy) is 1. The number of para-hydroxylation sites is 2. The molecule has 2 heterocycles. The van der Waals surface area contributed by atoms with Gasteiger partial charge >= 0.3 is 0 Å². The van der Waals surface area contributed by atoms with Crippen molar-refractivity contribution in [3.05, 3.63) is 48.5 Å². The van der Waals surface area contributed by atoms with E-state index in [1.165, 1.54) is 11.3 Å². The van der Waals surface area contributed by atoms with Crippen molar-refractivity contribution >= 4 is 56.6 Å². The lowest BCUT2D eigenvalue weighted by Crippen LogP contribution is -2.41. The molecule has 9 heteroatoms. The molecule has 0 aliphatic carbocycles. The van der Waals surface area contributed by atoms with Gasteiger partial charge in [0.15, 0.2) is 5.13 Å². The summed E-state index contributed by atoms with van der Waals surface area (Å²) in [5.74, 6) is 0.239. The standard InChI is InChI=1S/C24H28N4O3S.ClH/c1-4-31-19-11-8-12-20-22(19)25-24(32-20)27(14-13-26(2)3)23(30)17-15-21(29)28(16-17)18-9-6-5-7-10-18;/h5-12,17H,4,13-16H2,1-3H3;1H. The molecular weight excluding hydrogens is 460 g/mol. The molecule has 33 heavy (non-hydrogen) atoms. The minimum atomic E-state index is -0.400. The third kappa shape index (κ3) is 5.46. The summed E-state index contributed by atoms with van der Waals surface area (Å²) in [7, 11) is 3.95. The minimum Gasteiger partial charge on any atom is -0.492 e. The molecule has 4 rings (SSSR count). The van der Waals surface area contributed by atoms with E-state index in [-0.39, 0.29) is 30.6 Å². The maximum Gasteiger partial charge on any atom is 0.234 e. The second kappa shape index (κ2) is 11.0. The van der Waals surface area contributed by atoms with Crippen molar-refractivity contribution < 1.29 is 14.3 Å². The van der Waals surface area contributed by atoms with E-state index in [2.05, 4.69) is 0 Å². The first-order valence-electron chi connectivity index (χ1n) is 10.8. The first-order chi connectivity index (χ1) is 15.5. The molecule has 3 aromatic rings. The molecule has 1 saturated heterocycles. The van der Waals surface area contributed by atoms with Gasteiger partial charge in [0.05, 0.1) is 17.2 Å². The highest BCUT2D eigenvalue weighted by molar-refractivity contribution is 7.22. The normalized spacial score (nSPS) is 15.7. The van der Waals surface area contributed by atoms with Crippen molar-refractivity contribution in [1.82, 2.24) is 9.88 Å². The lowest BCUT2D eigenvalue weighted by atomic mass is 10.1. The van der Waals surface area contributed by atoms with Crippen LogP contribution < -0.4 is 14.5 Å². The highest BCUT2D eigenvalue weighted by Crippen LogP contribution is 2.35. The Morgan fingerprint density at radius 3 is 2.61 bits per heavy atom. The van der Waals surface area contributed by atoms with E-state index < -0.39 is 5.92 Å². The van der Waals surface area contributed by atoms with E-state index >= 15 is 0 Å². The van der Waals surface area contributed by atoms with Crippen LogP contribution in [0.3, 0.4) is 0 Å². The van der Waals surface area contributed by atoms with Crippen LogP contribution in [0.4, 0.5) is 10.8 Å². The summed E-state index contributed by atoms with van der Waals surface area (Å²) in [5.41, 5.74) is 1.60. The number of carbonyl (C=O) groups is 2. The average Bonchev–Trinajstić information content (AvgIpc) is 3.39. The van der Waals surface area contributed by atoms with E-state index in [0.29, 0.717) is 31.4 Å². The summed E-state index contributed by atoms with van der Waals surface area (Å²) in [5, 5.41) is 0.643. The van der Waals surface area contributed by atoms with Gasteiger partial charge in [0.25, 0.3) is 0 Å². The molecule has 2 aromatic carbocycles. The van der Waals surface area contributed by atoms with Gasteiger partial charge in [0.2, 0.25) is 11.8 Å². The van der Waals surface area contributed by atoms with Gasteiger partial charge < -0.3 is 14.5 Å². The zero-order chi connectivity index (χ0) is 22.7. The Labute approximate surface area is 204 Å². The number of amides is 2. The van der Waals surface area contributed by atoms with Crippen molar-refractivity contribution in [2.45, 2.75) is 13.3 Å². The van der Waals surface area contributed by atoms with E-state index in [9.17, 15) is 9.59 Å². The van der Waals surface area contributed by atoms with Crippen molar-refractivity contribution in [2.24, 2.45) is 5.92 Å². The molecule has 1 aliphatic rings. The minimum absolute atomic E-state index is 0. The second-order valence-corrected chi connectivity index (χ2v) is 9.08. The number of carbonyl (C=O) groups excluding carboxylic acids is 2.